The quantitative estimate of drug-likeness (QED) is 0.928. The minimum Gasteiger partial charge on any atom is -0.508 e. The summed E-state index contributed by atoms with van der Waals surface area (Å²) in [6, 6.07) is 9.60. The molecule has 1 aliphatic rings. The summed E-state index contributed by atoms with van der Waals surface area (Å²) < 4.78 is 5.33. The molecule has 0 unspecified atom stereocenters. The highest BCUT2D eigenvalue weighted by Crippen LogP contribution is 2.35. The van der Waals surface area contributed by atoms with Gasteiger partial charge in [0.15, 0.2) is 0 Å². The first-order valence-electron chi connectivity index (χ1n) is 8.19. The second-order valence-corrected chi connectivity index (χ2v) is 6.70. The molecule has 0 aliphatic carbocycles. The third kappa shape index (κ3) is 2.84. The van der Waals surface area contributed by atoms with Gasteiger partial charge in [-0.05, 0) is 35.6 Å². The Bertz CT molecular complexity index is 796. The Morgan fingerprint density at radius 3 is 2.54 bits per heavy atom. The highest BCUT2D eigenvalue weighted by atomic mass is 16.5. The second-order valence-electron chi connectivity index (χ2n) is 6.70. The Balaban J connectivity index is 1.95. The summed E-state index contributed by atoms with van der Waals surface area (Å²) in [5.41, 5.74) is 4.85. The van der Waals surface area contributed by atoms with Crippen LogP contribution in [0.1, 0.15) is 52.4 Å². The summed E-state index contributed by atoms with van der Waals surface area (Å²) in [6.07, 6.45) is 0. The predicted octanol–water partition coefficient (Wildman–Crippen LogP) is 3.99. The molecule has 0 radical (unpaired) electrons. The van der Waals surface area contributed by atoms with Crippen molar-refractivity contribution in [3.63, 3.8) is 0 Å². The van der Waals surface area contributed by atoms with E-state index >= 15 is 0 Å². The van der Waals surface area contributed by atoms with E-state index in [-0.39, 0.29) is 17.6 Å². The number of phenols is 1. The number of hydrogen-bond donors (Lipinski definition) is 1. The minimum absolute atomic E-state index is 0.0670. The van der Waals surface area contributed by atoms with E-state index in [0.29, 0.717) is 24.4 Å². The van der Waals surface area contributed by atoms with Crippen LogP contribution in [0.4, 0.5) is 0 Å². The van der Waals surface area contributed by atoms with Crippen LogP contribution < -0.4 is 4.74 Å². The number of hydrogen-bond acceptors (Lipinski definition) is 3. The summed E-state index contributed by atoms with van der Waals surface area (Å²) >= 11 is 0. The zero-order chi connectivity index (χ0) is 17.4. The molecule has 24 heavy (non-hydrogen) atoms. The molecule has 2 aromatic rings. The Hall–Kier alpha value is -2.49. The van der Waals surface area contributed by atoms with Crippen LogP contribution in [0.2, 0.25) is 0 Å². The molecule has 0 saturated carbocycles. The van der Waals surface area contributed by atoms with Crippen molar-refractivity contribution in [3.05, 3.63) is 58.1 Å². The smallest absolute Gasteiger partial charge is 0.258 e. The molecular formula is C20H23NO3. The van der Waals surface area contributed by atoms with Crippen LogP contribution in [0.15, 0.2) is 30.3 Å². The fourth-order valence-electron chi connectivity index (χ4n) is 3.22. The van der Waals surface area contributed by atoms with Gasteiger partial charge in [-0.1, -0.05) is 37.6 Å². The first-order valence-corrected chi connectivity index (χ1v) is 8.19. The summed E-state index contributed by atoms with van der Waals surface area (Å²) in [5, 5.41) is 10.1. The maximum absolute atomic E-state index is 13.0. The third-order valence-corrected chi connectivity index (χ3v) is 4.57. The Morgan fingerprint density at radius 1 is 1.17 bits per heavy atom. The van der Waals surface area contributed by atoms with Crippen molar-refractivity contribution in [2.45, 2.75) is 39.8 Å². The van der Waals surface area contributed by atoms with Gasteiger partial charge in [-0.3, -0.25) is 4.79 Å². The van der Waals surface area contributed by atoms with Crippen LogP contribution in [0, 0.1) is 6.92 Å². The summed E-state index contributed by atoms with van der Waals surface area (Å²) in [5.74, 6) is 0.635. The fourth-order valence-corrected chi connectivity index (χ4v) is 3.22. The molecular weight excluding hydrogens is 302 g/mol. The van der Waals surface area contributed by atoms with Gasteiger partial charge in [0.1, 0.15) is 11.5 Å². The predicted molar refractivity (Wildman–Crippen MR) is 93.5 cm³/mol. The van der Waals surface area contributed by atoms with Crippen LogP contribution in [0.3, 0.4) is 0 Å². The van der Waals surface area contributed by atoms with Crippen LogP contribution in [-0.4, -0.2) is 23.0 Å². The number of phenolic OH excluding ortho intramolecular Hbond substituents is 1. The highest BCUT2D eigenvalue weighted by molar-refractivity contribution is 5.97. The van der Waals surface area contributed by atoms with Crippen molar-refractivity contribution in [2.75, 3.05) is 7.11 Å². The summed E-state index contributed by atoms with van der Waals surface area (Å²) in [6.45, 7) is 7.25. The van der Waals surface area contributed by atoms with Gasteiger partial charge in [-0.15, -0.1) is 0 Å². The molecule has 126 valence electrons. The van der Waals surface area contributed by atoms with E-state index in [9.17, 15) is 9.90 Å². The monoisotopic (exact) mass is 325 g/mol. The first kappa shape index (κ1) is 16.4. The largest absolute Gasteiger partial charge is 0.508 e. The number of ether oxygens (including phenoxy) is 1. The normalized spacial score (nSPS) is 13.3. The Morgan fingerprint density at radius 2 is 1.88 bits per heavy atom. The molecule has 0 fully saturated rings. The van der Waals surface area contributed by atoms with E-state index < -0.39 is 0 Å². The van der Waals surface area contributed by atoms with Crippen molar-refractivity contribution in [2.24, 2.45) is 0 Å². The van der Waals surface area contributed by atoms with E-state index in [4.69, 9.17) is 4.74 Å². The van der Waals surface area contributed by atoms with Crippen molar-refractivity contribution in [3.8, 4) is 11.5 Å². The van der Waals surface area contributed by atoms with Gasteiger partial charge in [-0.25, -0.2) is 0 Å². The van der Waals surface area contributed by atoms with Crippen molar-refractivity contribution in [1.82, 2.24) is 4.90 Å². The van der Waals surface area contributed by atoms with Gasteiger partial charge in [-0.2, -0.15) is 0 Å². The van der Waals surface area contributed by atoms with Gasteiger partial charge in [0, 0.05) is 19.2 Å². The molecule has 0 aromatic heterocycles. The molecule has 0 bridgehead atoms. The minimum atomic E-state index is -0.0670. The fraction of sp³-hybridized carbons (Fsp3) is 0.350. The molecule has 4 heteroatoms. The zero-order valence-corrected chi connectivity index (χ0v) is 14.6. The average molecular weight is 325 g/mol. The van der Waals surface area contributed by atoms with Gasteiger partial charge < -0.3 is 14.7 Å². The zero-order valence-electron chi connectivity index (χ0n) is 14.6. The molecule has 0 atom stereocenters. The second kappa shape index (κ2) is 6.19. The van der Waals surface area contributed by atoms with Crippen molar-refractivity contribution in [1.29, 1.82) is 0 Å². The van der Waals surface area contributed by atoms with Crippen LogP contribution in [0.25, 0.3) is 0 Å². The summed E-state index contributed by atoms with van der Waals surface area (Å²) in [4.78, 5) is 14.9. The lowest BCUT2D eigenvalue weighted by Crippen LogP contribution is -2.26. The molecule has 0 saturated heterocycles. The molecule has 2 aromatic carbocycles. The molecule has 3 rings (SSSR count). The van der Waals surface area contributed by atoms with E-state index in [1.807, 2.05) is 18.7 Å². The van der Waals surface area contributed by atoms with Crippen LogP contribution in [-0.2, 0) is 13.1 Å². The van der Waals surface area contributed by atoms with Crippen LogP contribution in [0.5, 0.6) is 11.5 Å². The number of carbonyl (C=O) groups is 1. The number of amides is 1. The van der Waals surface area contributed by atoms with Gasteiger partial charge in [0.2, 0.25) is 0 Å². The lowest BCUT2D eigenvalue weighted by atomic mass is 9.98. The molecule has 1 amide bonds. The van der Waals surface area contributed by atoms with Crippen molar-refractivity contribution >= 4 is 5.91 Å². The van der Waals surface area contributed by atoms with E-state index in [1.54, 1.807) is 6.07 Å². The number of fused-ring (bicyclic) bond motifs is 1. The SMILES string of the molecule is COc1cc(O)c(C(C)C)cc1C(=O)N1Cc2ccc(C)cc2C1. The standard InChI is InChI=1S/C20H23NO3/c1-12(2)16-8-17(19(24-4)9-18(16)22)20(23)21-10-14-6-5-13(3)7-15(14)11-21/h5-9,12,22H,10-11H2,1-4H3. The number of methoxy groups -OCH3 is 1. The maximum Gasteiger partial charge on any atom is 0.258 e. The van der Waals surface area contributed by atoms with E-state index in [2.05, 4.69) is 25.1 Å². The topological polar surface area (TPSA) is 49.8 Å². The molecule has 1 heterocycles. The number of aryl methyl sites for hydroxylation is 1. The molecule has 0 spiro atoms. The number of benzene rings is 2. The van der Waals surface area contributed by atoms with Crippen LogP contribution >= 0.6 is 0 Å². The average Bonchev–Trinajstić information content (AvgIpc) is 2.96. The first-order chi connectivity index (χ1) is 11.4. The lowest BCUT2D eigenvalue weighted by molar-refractivity contribution is 0.0748. The lowest BCUT2D eigenvalue weighted by Gasteiger charge is -2.19. The van der Waals surface area contributed by atoms with E-state index in [0.717, 1.165) is 5.56 Å². The Labute approximate surface area is 142 Å². The van der Waals surface area contributed by atoms with Gasteiger partial charge in [0.25, 0.3) is 5.91 Å². The van der Waals surface area contributed by atoms with Gasteiger partial charge in [0.05, 0.1) is 12.7 Å². The maximum atomic E-state index is 13.0. The summed E-state index contributed by atoms with van der Waals surface area (Å²) in [7, 11) is 1.52. The number of rotatable bonds is 3. The number of carbonyl (C=O) groups excluding carboxylic acids is 1. The number of aromatic hydroxyl groups is 1. The van der Waals surface area contributed by atoms with E-state index in [1.165, 1.54) is 29.9 Å². The highest BCUT2D eigenvalue weighted by Gasteiger charge is 2.27. The Kier molecular flexibility index (Phi) is 4.22. The van der Waals surface area contributed by atoms with Gasteiger partial charge >= 0.3 is 0 Å². The molecule has 4 nitrogen and oxygen atoms in total. The molecule has 1 aliphatic heterocycles. The molecule has 1 N–H and O–H groups in total. The number of nitrogens with zero attached hydrogens (tertiary/aromatic N) is 1. The third-order valence-electron chi connectivity index (χ3n) is 4.57. The van der Waals surface area contributed by atoms with Crippen molar-refractivity contribution < 1.29 is 14.6 Å².